The highest BCUT2D eigenvalue weighted by Crippen LogP contribution is 2.34. The van der Waals surface area contributed by atoms with Crippen LogP contribution in [0.5, 0.6) is 0 Å². The second kappa shape index (κ2) is 8.34. The molecule has 0 aliphatic carbocycles. The summed E-state index contributed by atoms with van der Waals surface area (Å²) in [6.07, 6.45) is 1.80. The summed E-state index contributed by atoms with van der Waals surface area (Å²) in [6, 6.07) is 7.02. The zero-order valence-corrected chi connectivity index (χ0v) is 15.1. The van der Waals surface area contributed by atoms with Crippen LogP contribution in [0.3, 0.4) is 0 Å². The molecule has 1 saturated heterocycles. The molecule has 29 heavy (non-hydrogen) atoms. The molecule has 2 amide bonds. The molecule has 0 unspecified atom stereocenters. The van der Waals surface area contributed by atoms with Crippen LogP contribution >= 0.6 is 0 Å². The van der Waals surface area contributed by atoms with Crippen molar-refractivity contribution < 1.29 is 27.2 Å². The SMILES string of the molecule is NC(=O)/C(C(=O)Nc1c(F)c(F)c(-c2ccccc2)c(F)c1F)=C1/CCCCN1. The number of carbonyl (C=O) groups is 2. The fraction of sp³-hybridized carbons (Fsp3) is 0.200. The topological polar surface area (TPSA) is 84.2 Å². The normalized spacial score (nSPS) is 15.4. The zero-order valence-electron chi connectivity index (χ0n) is 15.1. The Kier molecular flexibility index (Phi) is 5.86. The quantitative estimate of drug-likeness (QED) is 0.239. The van der Waals surface area contributed by atoms with Gasteiger partial charge in [-0.05, 0) is 24.8 Å². The first-order chi connectivity index (χ1) is 13.8. The minimum atomic E-state index is -1.79. The minimum absolute atomic E-state index is 0.0791. The van der Waals surface area contributed by atoms with Crippen LogP contribution in [0.25, 0.3) is 11.1 Å². The second-order valence-corrected chi connectivity index (χ2v) is 6.43. The third-order valence-corrected chi connectivity index (χ3v) is 4.53. The Balaban J connectivity index is 2.04. The maximum atomic E-state index is 14.5. The number of anilines is 1. The highest BCUT2D eigenvalue weighted by Gasteiger charge is 2.30. The lowest BCUT2D eigenvalue weighted by Crippen LogP contribution is -2.33. The summed E-state index contributed by atoms with van der Waals surface area (Å²) in [4.78, 5) is 24.1. The summed E-state index contributed by atoms with van der Waals surface area (Å²) < 4.78 is 58.0. The lowest BCUT2D eigenvalue weighted by atomic mass is 10.0. The molecule has 0 aromatic heterocycles. The summed E-state index contributed by atoms with van der Waals surface area (Å²) in [5, 5.41) is 4.58. The van der Waals surface area contributed by atoms with Crippen LogP contribution in [0, 0.1) is 23.3 Å². The first-order valence-electron chi connectivity index (χ1n) is 8.82. The fourth-order valence-electron chi connectivity index (χ4n) is 3.14. The highest BCUT2D eigenvalue weighted by molar-refractivity contribution is 6.22. The zero-order chi connectivity index (χ0) is 21.1. The van der Waals surface area contributed by atoms with Crippen molar-refractivity contribution >= 4 is 17.5 Å². The van der Waals surface area contributed by atoms with E-state index in [0.717, 1.165) is 6.42 Å². The van der Waals surface area contributed by atoms with E-state index in [9.17, 15) is 27.2 Å². The Morgan fingerprint density at radius 1 is 0.931 bits per heavy atom. The predicted molar refractivity (Wildman–Crippen MR) is 98.4 cm³/mol. The first kappa shape index (κ1) is 20.4. The van der Waals surface area contributed by atoms with Gasteiger partial charge in [-0.2, -0.15) is 0 Å². The smallest absolute Gasteiger partial charge is 0.263 e. The first-order valence-corrected chi connectivity index (χ1v) is 8.82. The highest BCUT2D eigenvalue weighted by atomic mass is 19.2. The molecule has 0 saturated carbocycles. The average Bonchev–Trinajstić information content (AvgIpc) is 2.71. The van der Waals surface area contributed by atoms with Crippen molar-refractivity contribution in [3.8, 4) is 11.1 Å². The van der Waals surface area contributed by atoms with E-state index in [1.807, 2.05) is 0 Å². The lowest BCUT2D eigenvalue weighted by Gasteiger charge is -2.20. The largest absolute Gasteiger partial charge is 0.388 e. The number of nitrogens with two attached hydrogens (primary N) is 1. The summed E-state index contributed by atoms with van der Waals surface area (Å²) in [5.41, 5.74) is 2.58. The van der Waals surface area contributed by atoms with Crippen molar-refractivity contribution in [3.63, 3.8) is 0 Å². The van der Waals surface area contributed by atoms with E-state index in [-0.39, 0.29) is 11.3 Å². The van der Waals surface area contributed by atoms with Crippen molar-refractivity contribution in [1.82, 2.24) is 5.32 Å². The number of carbonyl (C=O) groups excluding carboxylic acids is 2. The van der Waals surface area contributed by atoms with Crippen molar-refractivity contribution in [2.75, 3.05) is 11.9 Å². The summed E-state index contributed by atoms with van der Waals surface area (Å²) >= 11 is 0. The molecule has 0 bridgehead atoms. The molecule has 1 heterocycles. The van der Waals surface area contributed by atoms with Crippen LogP contribution in [-0.4, -0.2) is 18.4 Å². The molecular weight excluding hydrogens is 390 g/mol. The summed E-state index contributed by atoms with van der Waals surface area (Å²) in [5.74, 6) is -9.31. The van der Waals surface area contributed by atoms with E-state index in [1.165, 1.54) is 24.3 Å². The molecule has 9 heteroatoms. The van der Waals surface area contributed by atoms with Crippen molar-refractivity contribution in [1.29, 1.82) is 0 Å². The number of hydrogen-bond acceptors (Lipinski definition) is 3. The molecular formula is C20H17F4N3O2. The van der Waals surface area contributed by atoms with Crippen LogP contribution < -0.4 is 16.4 Å². The Labute approximate surface area is 163 Å². The molecule has 1 fully saturated rings. The van der Waals surface area contributed by atoms with Gasteiger partial charge in [0.15, 0.2) is 23.3 Å². The standard InChI is InChI=1S/C20H17F4N3O2/c21-14-12(10-6-2-1-3-7-10)15(22)17(24)18(16(14)23)27-20(29)13(19(25)28)11-8-4-5-9-26-11/h1-3,6-7,26H,4-5,8-9H2,(H2,25,28)(H,27,29)/b13-11+. The van der Waals surface area contributed by atoms with Gasteiger partial charge in [0.05, 0.1) is 5.56 Å². The van der Waals surface area contributed by atoms with Gasteiger partial charge in [-0.1, -0.05) is 30.3 Å². The van der Waals surface area contributed by atoms with Gasteiger partial charge in [0, 0.05) is 12.2 Å². The van der Waals surface area contributed by atoms with Gasteiger partial charge in [0.2, 0.25) is 0 Å². The number of allylic oxidation sites excluding steroid dienone is 1. The molecule has 0 atom stereocenters. The van der Waals surface area contributed by atoms with E-state index >= 15 is 0 Å². The van der Waals surface area contributed by atoms with Gasteiger partial charge < -0.3 is 16.4 Å². The van der Waals surface area contributed by atoms with Crippen molar-refractivity contribution in [2.24, 2.45) is 5.73 Å². The Morgan fingerprint density at radius 2 is 1.55 bits per heavy atom. The molecule has 1 aliphatic rings. The van der Waals surface area contributed by atoms with Gasteiger partial charge in [0.25, 0.3) is 11.8 Å². The summed E-state index contributed by atoms with van der Waals surface area (Å²) in [6.45, 7) is 0.483. The number of benzene rings is 2. The molecule has 152 valence electrons. The van der Waals surface area contributed by atoms with Crippen LogP contribution in [0.15, 0.2) is 41.6 Å². The molecule has 2 aromatic rings. The van der Waals surface area contributed by atoms with E-state index in [4.69, 9.17) is 5.73 Å². The Morgan fingerprint density at radius 3 is 2.07 bits per heavy atom. The van der Waals surface area contributed by atoms with Gasteiger partial charge in [-0.3, -0.25) is 9.59 Å². The molecule has 3 rings (SSSR count). The van der Waals surface area contributed by atoms with Crippen LogP contribution in [-0.2, 0) is 9.59 Å². The number of nitrogens with one attached hydrogen (secondary N) is 2. The summed E-state index contributed by atoms with van der Waals surface area (Å²) in [7, 11) is 0. The van der Waals surface area contributed by atoms with E-state index < -0.39 is 51.9 Å². The Bertz CT molecular complexity index is 970. The third-order valence-electron chi connectivity index (χ3n) is 4.53. The molecule has 5 nitrogen and oxygen atoms in total. The molecule has 0 radical (unpaired) electrons. The van der Waals surface area contributed by atoms with Crippen LogP contribution in [0.4, 0.5) is 23.2 Å². The number of rotatable bonds is 4. The molecule has 2 aromatic carbocycles. The maximum Gasteiger partial charge on any atom is 0.263 e. The minimum Gasteiger partial charge on any atom is -0.388 e. The molecule has 0 spiro atoms. The number of hydrogen-bond donors (Lipinski definition) is 3. The number of primary amides is 1. The van der Waals surface area contributed by atoms with Gasteiger partial charge in [-0.25, -0.2) is 17.6 Å². The lowest BCUT2D eigenvalue weighted by molar-refractivity contribution is -0.119. The average molecular weight is 407 g/mol. The van der Waals surface area contributed by atoms with E-state index in [2.05, 4.69) is 5.32 Å². The number of amides is 2. The van der Waals surface area contributed by atoms with Crippen molar-refractivity contribution in [3.05, 3.63) is 64.9 Å². The number of halogens is 4. The van der Waals surface area contributed by atoms with Crippen LogP contribution in [0.1, 0.15) is 19.3 Å². The monoisotopic (exact) mass is 407 g/mol. The van der Waals surface area contributed by atoms with Gasteiger partial charge in [-0.15, -0.1) is 0 Å². The third kappa shape index (κ3) is 3.94. The second-order valence-electron chi connectivity index (χ2n) is 6.43. The Hall–Kier alpha value is -3.36. The van der Waals surface area contributed by atoms with Crippen molar-refractivity contribution in [2.45, 2.75) is 19.3 Å². The van der Waals surface area contributed by atoms with Gasteiger partial charge >= 0.3 is 0 Å². The molecule has 1 aliphatic heterocycles. The maximum absolute atomic E-state index is 14.5. The van der Waals surface area contributed by atoms with Gasteiger partial charge in [0.1, 0.15) is 11.3 Å². The molecule has 4 N–H and O–H groups in total. The predicted octanol–water partition coefficient (Wildman–Crippen LogP) is 3.36. The van der Waals surface area contributed by atoms with E-state index in [1.54, 1.807) is 11.4 Å². The van der Waals surface area contributed by atoms with E-state index in [0.29, 0.717) is 19.4 Å². The number of piperidine rings is 1. The van der Waals surface area contributed by atoms with Crippen LogP contribution in [0.2, 0.25) is 0 Å². The fourth-order valence-corrected chi connectivity index (χ4v) is 3.14.